The molecule has 1 heterocycles. The molecule has 0 spiro atoms. The monoisotopic (exact) mass is 442 g/mol. The molecule has 6 nitrogen and oxygen atoms in total. The zero-order valence-corrected chi connectivity index (χ0v) is 20.6. The van der Waals surface area contributed by atoms with E-state index in [-0.39, 0.29) is 23.9 Å². The lowest BCUT2D eigenvalue weighted by atomic mass is 10.2. The van der Waals surface area contributed by atoms with Gasteiger partial charge in [-0.15, -0.1) is 13.2 Å². The molecule has 2 rings (SSSR count). The maximum atomic E-state index is 13.0. The summed E-state index contributed by atoms with van der Waals surface area (Å²) in [6.45, 7) is 16.2. The highest BCUT2D eigenvalue weighted by Crippen LogP contribution is 2.11. The fourth-order valence-electron chi connectivity index (χ4n) is 2.74. The van der Waals surface area contributed by atoms with Crippen LogP contribution in [0.2, 0.25) is 0 Å². The number of nitrogens with zero attached hydrogens (tertiary/aromatic N) is 2. The van der Waals surface area contributed by atoms with Crippen LogP contribution in [0.1, 0.15) is 39.0 Å². The summed E-state index contributed by atoms with van der Waals surface area (Å²) in [5.74, 6) is 0.729. The summed E-state index contributed by atoms with van der Waals surface area (Å²) in [6, 6.07) is 8.82. The van der Waals surface area contributed by atoms with Crippen molar-refractivity contribution < 1.29 is 9.47 Å². The molecule has 32 heavy (non-hydrogen) atoms. The lowest BCUT2D eigenvalue weighted by molar-refractivity contribution is 0.156. The van der Waals surface area contributed by atoms with E-state index in [4.69, 9.17) is 9.47 Å². The topological polar surface area (TPSA) is 62.5 Å². The average molecular weight is 443 g/mol. The first-order valence-corrected chi connectivity index (χ1v) is 10.7. The van der Waals surface area contributed by atoms with Gasteiger partial charge >= 0.3 is 5.69 Å². The van der Waals surface area contributed by atoms with Crippen molar-refractivity contribution in [1.82, 2.24) is 9.13 Å². The lowest BCUT2D eigenvalue weighted by Crippen LogP contribution is -2.41. The van der Waals surface area contributed by atoms with Crippen LogP contribution < -0.4 is 16.0 Å². The third-order valence-corrected chi connectivity index (χ3v) is 4.65. The van der Waals surface area contributed by atoms with Crippen LogP contribution in [0.15, 0.2) is 76.9 Å². The molecule has 0 saturated carbocycles. The molecule has 0 radical (unpaired) electrons. The second kappa shape index (κ2) is 15.6. The number of hydrogen-bond acceptors (Lipinski definition) is 4. The van der Waals surface area contributed by atoms with Gasteiger partial charge in [-0.1, -0.05) is 44.2 Å². The van der Waals surface area contributed by atoms with Crippen LogP contribution in [-0.4, -0.2) is 29.5 Å². The van der Waals surface area contributed by atoms with E-state index in [9.17, 15) is 9.59 Å². The molecule has 1 unspecified atom stereocenters. The maximum absolute atomic E-state index is 13.0. The van der Waals surface area contributed by atoms with Gasteiger partial charge in [0.05, 0.1) is 26.3 Å². The van der Waals surface area contributed by atoms with Gasteiger partial charge in [-0.05, 0) is 44.0 Å². The zero-order valence-electron chi connectivity index (χ0n) is 20.6. The number of allylic oxidation sites excluding steroid dienone is 3. The molecule has 0 bridgehead atoms. The summed E-state index contributed by atoms with van der Waals surface area (Å²) >= 11 is 0. The Hall–Kier alpha value is -3.12. The molecule has 6 heteroatoms. The predicted molar refractivity (Wildman–Crippen MR) is 134 cm³/mol. The molecule has 0 N–H and O–H groups in total. The van der Waals surface area contributed by atoms with Gasteiger partial charge < -0.3 is 9.47 Å². The van der Waals surface area contributed by atoms with Gasteiger partial charge in [0.25, 0.3) is 5.56 Å². The number of ether oxygens (including phenoxy) is 2. The first-order chi connectivity index (χ1) is 15.4. The van der Waals surface area contributed by atoms with Gasteiger partial charge in [-0.2, -0.15) is 0 Å². The highest BCUT2D eigenvalue weighted by molar-refractivity contribution is 5.27. The molecule has 0 fully saturated rings. The largest absolute Gasteiger partial charge is 0.497 e. The molecule has 2 aromatic rings. The summed E-state index contributed by atoms with van der Waals surface area (Å²) in [7, 11) is 3.24. The Kier molecular flexibility index (Phi) is 14.1. The fraction of sp³-hybridized carbons (Fsp3) is 0.385. The zero-order chi connectivity index (χ0) is 24.7. The molecule has 0 saturated heterocycles. The van der Waals surface area contributed by atoms with Crippen molar-refractivity contribution in [2.24, 2.45) is 0 Å². The standard InChI is InChI=1S/C22H28N2O4.C2H6.C2H4/c1-6-18(8-7-17(3)27-4)14-23-16(2)13-21(25)24(22(23)26)15-19-9-11-20(28-5)12-10-19;2*1-2/h6-13,17H,14-15H2,1-5H3;1-2H3;1-2H2/b8-7-,18-6+;;. The molecule has 1 aromatic heterocycles. The van der Waals surface area contributed by atoms with Crippen LogP contribution in [0.25, 0.3) is 0 Å². The average Bonchev–Trinajstić information content (AvgIpc) is 2.84. The first-order valence-electron chi connectivity index (χ1n) is 10.7. The smallest absolute Gasteiger partial charge is 0.331 e. The van der Waals surface area contributed by atoms with Gasteiger partial charge in [-0.25, -0.2) is 4.79 Å². The Morgan fingerprint density at radius 2 is 1.69 bits per heavy atom. The van der Waals surface area contributed by atoms with Gasteiger partial charge in [0.1, 0.15) is 5.75 Å². The Morgan fingerprint density at radius 3 is 2.19 bits per heavy atom. The third-order valence-electron chi connectivity index (χ3n) is 4.65. The van der Waals surface area contributed by atoms with Gasteiger partial charge in [0.2, 0.25) is 0 Å². The second-order valence-corrected chi connectivity index (χ2v) is 6.59. The first kappa shape index (κ1) is 28.9. The van der Waals surface area contributed by atoms with E-state index in [1.54, 1.807) is 25.7 Å². The Morgan fingerprint density at radius 1 is 1.09 bits per heavy atom. The van der Waals surface area contributed by atoms with E-state index in [1.807, 2.05) is 70.2 Å². The number of benzene rings is 1. The fourth-order valence-corrected chi connectivity index (χ4v) is 2.74. The molecular formula is C26H38N2O4. The Labute approximate surface area is 192 Å². The van der Waals surface area contributed by atoms with E-state index >= 15 is 0 Å². The molecule has 0 aliphatic rings. The number of rotatable bonds is 8. The minimum Gasteiger partial charge on any atom is -0.497 e. The summed E-state index contributed by atoms with van der Waals surface area (Å²) < 4.78 is 13.2. The van der Waals surface area contributed by atoms with E-state index < -0.39 is 0 Å². The Bertz CT molecular complexity index is 982. The number of hydrogen-bond donors (Lipinski definition) is 0. The minimum absolute atomic E-state index is 0.0169. The molecular weight excluding hydrogens is 404 g/mol. The molecule has 176 valence electrons. The normalized spacial score (nSPS) is 11.8. The number of aryl methyl sites for hydroxylation is 1. The minimum atomic E-state index is -0.326. The molecule has 1 atom stereocenters. The van der Waals surface area contributed by atoms with Crippen LogP contribution in [0, 0.1) is 6.92 Å². The van der Waals surface area contributed by atoms with Crippen LogP contribution in [-0.2, 0) is 17.8 Å². The summed E-state index contributed by atoms with van der Waals surface area (Å²) in [6.07, 6.45) is 5.81. The van der Waals surface area contributed by atoms with Crippen molar-refractivity contribution in [3.8, 4) is 5.75 Å². The van der Waals surface area contributed by atoms with Crippen molar-refractivity contribution in [3.63, 3.8) is 0 Å². The van der Waals surface area contributed by atoms with Gasteiger partial charge in [0.15, 0.2) is 0 Å². The quantitative estimate of drug-likeness (QED) is 0.438. The molecule has 1 aromatic carbocycles. The number of aromatic nitrogens is 2. The Balaban J connectivity index is 0.00000227. The van der Waals surface area contributed by atoms with Crippen LogP contribution in [0.3, 0.4) is 0 Å². The lowest BCUT2D eigenvalue weighted by Gasteiger charge is -2.14. The predicted octanol–water partition coefficient (Wildman–Crippen LogP) is 4.74. The molecule has 0 aliphatic heterocycles. The van der Waals surface area contributed by atoms with E-state index in [0.717, 1.165) is 16.9 Å². The van der Waals surface area contributed by atoms with Crippen LogP contribution in [0.5, 0.6) is 5.75 Å². The third kappa shape index (κ3) is 8.55. The number of methoxy groups -OCH3 is 2. The maximum Gasteiger partial charge on any atom is 0.331 e. The second-order valence-electron chi connectivity index (χ2n) is 6.59. The molecule has 0 amide bonds. The van der Waals surface area contributed by atoms with Crippen molar-refractivity contribution in [1.29, 1.82) is 0 Å². The molecule has 0 aliphatic carbocycles. The van der Waals surface area contributed by atoms with Crippen molar-refractivity contribution in [2.45, 2.75) is 53.8 Å². The highest BCUT2D eigenvalue weighted by Gasteiger charge is 2.10. The van der Waals surface area contributed by atoms with Crippen molar-refractivity contribution >= 4 is 0 Å². The van der Waals surface area contributed by atoms with Crippen molar-refractivity contribution in [2.75, 3.05) is 14.2 Å². The van der Waals surface area contributed by atoms with Gasteiger partial charge in [-0.3, -0.25) is 13.9 Å². The SMILES string of the molecule is C/C=C(\C=C/C(C)OC)Cn1c(C)cc(=O)n(Cc2ccc(OC)cc2)c1=O.C=C.CC. The van der Waals surface area contributed by atoms with Gasteiger partial charge in [0, 0.05) is 18.9 Å². The van der Waals surface area contributed by atoms with Crippen molar-refractivity contribution in [3.05, 3.63) is 99.4 Å². The summed E-state index contributed by atoms with van der Waals surface area (Å²) in [5.41, 5.74) is 1.82. The van der Waals surface area contributed by atoms with E-state index in [0.29, 0.717) is 12.2 Å². The summed E-state index contributed by atoms with van der Waals surface area (Å²) in [5, 5.41) is 0. The van der Waals surface area contributed by atoms with E-state index in [2.05, 4.69) is 13.2 Å². The highest BCUT2D eigenvalue weighted by atomic mass is 16.5. The van der Waals surface area contributed by atoms with Crippen LogP contribution >= 0.6 is 0 Å². The summed E-state index contributed by atoms with van der Waals surface area (Å²) in [4.78, 5) is 25.4. The van der Waals surface area contributed by atoms with E-state index in [1.165, 1.54) is 10.6 Å². The van der Waals surface area contributed by atoms with Crippen LogP contribution in [0.4, 0.5) is 0 Å².